The normalized spacial score (nSPS) is 29.8. The first-order valence-electron chi connectivity index (χ1n) is 8.22. The van der Waals surface area contributed by atoms with Crippen LogP contribution in [0, 0.1) is 11.8 Å². The van der Waals surface area contributed by atoms with Gasteiger partial charge in [0, 0.05) is 18.2 Å². The van der Waals surface area contributed by atoms with Crippen LogP contribution in [0.15, 0.2) is 24.3 Å². The molecule has 0 heterocycles. The molecule has 0 unspecified atom stereocenters. The van der Waals surface area contributed by atoms with E-state index in [0.29, 0.717) is 6.04 Å². The second kappa shape index (κ2) is 6.62. The maximum atomic E-state index is 5.43. The Morgan fingerprint density at radius 2 is 1.85 bits per heavy atom. The first kappa shape index (κ1) is 13.9. The zero-order valence-electron chi connectivity index (χ0n) is 12.6. The Morgan fingerprint density at radius 1 is 1.05 bits per heavy atom. The predicted octanol–water partition coefficient (Wildman–Crippen LogP) is 4.14. The van der Waals surface area contributed by atoms with E-state index in [0.717, 1.165) is 24.1 Å². The number of nitrogens with one attached hydrogen (secondary N) is 1. The van der Waals surface area contributed by atoms with Crippen LogP contribution in [-0.2, 0) is 6.54 Å². The van der Waals surface area contributed by atoms with Crippen LogP contribution in [0.25, 0.3) is 0 Å². The molecule has 1 aromatic carbocycles. The number of hydrogen-bond acceptors (Lipinski definition) is 2. The standard InChI is InChI=1S/C18H27NO/c1-20-18-9-5-4-8-16(18)13-19-17-11-10-14-6-2-3-7-15(14)12-17/h4-5,8-9,14-15,17,19H,2-3,6-7,10-13H2,1H3/t14-,15-,17+/m0/s1. The van der Waals surface area contributed by atoms with Crippen LogP contribution in [-0.4, -0.2) is 13.2 Å². The number of methoxy groups -OCH3 is 1. The number of ether oxygens (including phenoxy) is 1. The Kier molecular flexibility index (Phi) is 4.62. The third-order valence-electron chi connectivity index (χ3n) is 5.31. The summed E-state index contributed by atoms with van der Waals surface area (Å²) >= 11 is 0. The second-order valence-electron chi connectivity index (χ2n) is 6.51. The van der Waals surface area contributed by atoms with Crippen molar-refractivity contribution in [2.24, 2.45) is 11.8 Å². The van der Waals surface area contributed by atoms with Crippen molar-refractivity contribution in [1.82, 2.24) is 5.32 Å². The van der Waals surface area contributed by atoms with E-state index in [1.807, 2.05) is 6.07 Å². The van der Waals surface area contributed by atoms with Crippen LogP contribution in [0.3, 0.4) is 0 Å². The maximum Gasteiger partial charge on any atom is 0.123 e. The van der Waals surface area contributed by atoms with Gasteiger partial charge in [0.2, 0.25) is 0 Å². The van der Waals surface area contributed by atoms with Crippen molar-refractivity contribution in [3.63, 3.8) is 0 Å². The fraction of sp³-hybridized carbons (Fsp3) is 0.667. The fourth-order valence-electron chi connectivity index (χ4n) is 4.16. The van der Waals surface area contributed by atoms with Gasteiger partial charge in [0.25, 0.3) is 0 Å². The highest BCUT2D eigenvalue weighted by atomic mass is 16.5. The van der Waals surface area contributed by atoms with Gasteiger partial charge in [-0.05, 0) is 37.2 Å². The van der Waals surface area contributed by atoms with Crippen LogP contribution >= 0.6 is 0 Å². The number of para-hydroxylation sites is 1. The molecule has 0 bridgehead atoms. The molecule has 2 heteroatoms. The Hall–Kier alpha value is -1.02. The topological polar surface area (TPSA) is 21.3 Å². The first-order chi connectivity index (χ1) is 9.86. The van der Waals surface area contributed by atoms with Gasteiger partial charge in [0.15, 0.2) is 0 Å². The van der Waals surface area contributed by atoms with Crippen molar-refractivity contribution in [3.8, 4) is 5.75 Å². The Bertz CT molecular complexity index is 431. The summed E-state index contributed by atoms with van der Waals surface area (Å²) in [6.07, 6.45) is 10.1. The van der Waals surface area contributed by atoms with E-state index < -0.39 is 0 Å². The number of hydrogen-bond donors (Lipinski definition) is 1. The average Bonchev–Trinajstić information content (AvgIpc) is 2.53. The van der Waals surface area contributed by atoms with E-state index in [-0.39, 0.29) is 0 Å². The maximum absolute atomic E-state index is 5.43. The molecule has 0 radical (unpaired) electrons. The molecule has 0 amide bonds. The predicted molar refractivity (Wildman–Crippen MR) is 82.9 cm³/mol. The Balaban J connectivity index is 1.53. The van der Waals surface area contributed by atoms with Crippen LogP contribution in [0.4, 0.5) is 0 Å². The summed E-state index contributed by atoms with van der Waals surface area (Å²) in [4.78, 5) is 0. The van der Waals surface area contributed by atoms with Crippen LogP contribution < -0.4 is 10.1 Å². The highest BCUT2D eigenvalue weighted by Crippen LogP contribution is 2.40. The van der Waals surface area contributed by atoms with Gasteiger partial charge in [0.05, 0.1) is 7.11 Å². The summed E-state index contributed by atoms with van der Waals surface area (Å²) < 4.78 is 5.43. The molecule has 0 saturated heterocycles. The molecular formula is C18H27NO. The van der Waals surface area contributed by atoms with E-state index in [4.69, 9.17) is 4.74 Å². The quantitative estimate of drug-likeness (QED) is 0.890. The molecule has 0 aliphatic heterocycles. The van der Waals surface area contributed by atoms with E-state index in [9.17, 15) is 0 Å². The smallest absolute Gasteiger partial charge is 0.123 e. The first-order valence-corrected chi connectivity index (χ1v) is 8.22. The summed E-state index contributed by atoms with van der Waals surface area (Å²) in [5.41, 5.74) is 1.28. The van der Waals surface area contributed by atoms with E-state index >= 15 is 0 Å². The van der Waals surface area contributed by atoms with Gasteiger partial charge >= 0.3 is 0 Å². The lowest BCUT2D eigenvalue weighted by molar-refractivity contribution is 0.143. The van der Waals surface area contributed by atoms with Gasteiger partial charge < -0.3 is 10.1 Å². The molecule has 2 aliphatic rings. The highest BCUT2D eigenvalue weighted by molar-refractivity contribution is 5.33. The van der Waals surface area contributed by atoms with Crippen LogP contribution in [0.5, 0.6) is 5.75 Å². The van der Waals surface area contributed by atoms with Crippen LogP contribution in [0.1, 0.15) is 50.5 Å². The van der Waals surface area contributed by atoms with Crippen molar-refractivity contribution in [3.05, 3.63) is 29.8 Å². The lowest BCUT2D eigenvalue weighted by Crippen LogP contribution is -2.38. The second-order valence-corrected chi connectivity index (χ2v) is 6.51. The fourth-order valence-corrected chi connectivity index (χ4v) is 4.16. The number of benzene rings is 1. The van der Waals surface area contributed by atoms with Gasteiger partial charge in [-0.1, -0.05) is 43.9 Å². The van der Waals surface area contributed by atoms with Crippen molar-refractivity contribution >= 4 is 0 Å². The molecule has 110 valence electrons. The van der Waals surface area contributed by atoms with Gasteiger partial charge in [-0.2, -0.15) is 0 Å². The molecule has 0 aromatic heterocycles. The minimum Gasteiger partial charge on any atom is -0.496 e. The third-order valence-corrected chi connectivity index (χ3v) is 5.31. The summed E-state index contributed by atoms with van der Waals surface area (Å²) in [5, 5.41) is 3.77. The molecule has 3 atom stereocenters. The lowest BCUT2D eigenvalue weighted by atomic mass is 9.69. The summed E-state index contributed by atoms with van der Waals surface area (Å²) in [6.45, 7) is 0.937. The van der Waals surface area contributed by atoms with Crippen molar-refractivity contribution in [2.75, 3.05) is 7.11 Å². The molecule has 1 N–H and O–H groups in total. The highest BCUT2D eigenvalue weighted by Gasteiger charge is 2.31. The Labute approximate surface area is 122 Å². The largest absolute Gasteiger partial charge is 0.496 e. The zero-order valence-corrected chi connectivity index (χ0v) is 12.6. The van der Waals surface area contributed by atoms with Crippen molar-refractivity contribution < 1.29 is 4.74 Å². The molecule has 2 saturated carbocycles. The van der Waals surface area contributed by atoms with E-state index in [1.54, 1.807) is 7.11 Å². The molecule has 0 spiro atoms. The van der Waals surface area contributed by atoms with Gasteiger partial charge in [-0.25, -0.2) is 0 Å². The molecule has 3 rings (SSSR count). The summed E-state index contributed by atoms with van der Waals surface area (Å²) in [6, 6.07) is 9.06. The molecular weight excluding hydrogens is 246 g/mol. The average molecular weight is 273 g/mol. The van der Waals surface area contributed by atoms with Gasteiger partial charge in [-0.15, -0.1) is 0 Å². The minimum absolute atomic E-state index is 0.708. The lowest BCUT2D eigenvalue weighted by Gasteiger charge is -2.39. The zero-order chi connectivity index (χ0) is 13.8. The van der Waals surface area contributed by atoms with Gasteiger partial charge in [0.1, 0.15) is 5.75 Å². The summed E-state index contributed by atoms with van der Waals surface area (Å²) in [5.74, 6) is 3.03. The number of rotatable bonds is 4. The Morgan fingerprint density at radius 3 is 2.70 bits per heavy atom. The van der Waals surface area contributed by atoms with Crippen LogP contribution in [0.2, 0.25) is 0 Å². The summed E-state index contributed by atoms with van der Waals surface area (Å²) in [7, 11) is 1.76. The van der Waals surface area contributed by atoms with E-state index in [2.05, 4.69) is 23.5 Å². The monoisotopic (exact) mass is 273 g/mol. The van der Waals surface area contributed by atoms with Crippen molar-refractivity contribution in [1.29, 1.82) is 0 Å². The number of fused-ring (bicyclic) bond motifs is 1. The van der Waals surface area contributed by atoms with E-state index in [1.165, 1.54) is 50.5 Å². The molecule has 2 fully saturated rings. The molecule has 1 aromatic rings. The molecule has 2 aliphatic carbocycles. The van der Waals surface area contributed by atoms with Gasteiger partial charge in [-0.3, -0.25) is 0 Å². The minimum atomic E-state index is 0.708. The third kappa shape index (κ3) is 3.17. The SMILES string of the molecule is COc1ccccc1CN[C@@H]1CC[C@@H]2CCCC[C@H]2C1. The molecule has 20 heavy (non-hydrogen) atoms. The molecule has 2 nitrogen and oxygen atoms in total. The van der Waals surface area contributed by atoms with Crippen molar-refractivity contribution in [2.45, 2.75) is 57.5 Å².